The van der Waals surface area contributed by atoms with Crippen LogP contribution in [0.15, 0.2) is 58.6 Å². The molecule has 3 aliphatic rings. The first-order valence-electron chi connectivity index (χ1n) is 14.8. The molecule has 1 aliphatic carbocycles. The fourth-order valence-electron chi connectivity index (χ4n) is 6.47. The monoisotopic (exact) mass is 644 g/mol. The normalized spacial score (nSPS) is 20.3. The largest absolute Gasteiger partial charge is 0.416 e. The number of ketones is 1. The van der Waals surface area contributed by atoms with Crippen LogP contribution < -0.4 is 4.90 Å². The fraction of sp³-hybridized carbons (Fsp3) is 0.438. The minimum Gasteiger partial charge on any atom is -0.341 e. The lowest BCUT2D eigenvalue weighted by Gasteiger charge is -2.46. The average Bonchev–Trinajstić information content (AvgIpc) is 3.00. The Labute approximate surface area is 261 Å². The number of alkyl halides is 3. The molecule has 2 aromatic carbocycles. The van der Waals surface area contributed by atoms with Crippen molar-refractivity contribution in [2.45, 2.75) is 62.6 Å². The standard InChI is InChI=1S/C32H35F3N4O5S/c1-3-20-12-14-37(15-13-20)28(41)19-38-30(24-11-10-21(18-36)16-27(24)45(2,43)44)29-25(8-5-9-26(29)40)39(31(38)42)23-7-4-6-22(17-23)32(33,34)35/h4,6-7,10-11,16-17,20,30,43-44H,3,5,8-9,12-15,19H2,1-2H3. The molecule has 3 amide bonds. The van der Waals surface area contributed by atoms with Crippen molar-refractivity contribution in [1.82, 2.24) is 9.80 Å². The number of hydrogen-bond donors (Lipinski definition) is 2. The van der Waals surface area contributed by atoms with Crippen molar-refractivity contribution in [2.75, 3.05) is 30.8 Å². The summed E-state index contributed by atoms with van der Waals surface area (Å²) in [4.78, 5) is 45.8. The third-order valence-corrected chi connectivity index (χ3v) is 10.0. The lowest BCUT2D eigenvalue weighted by Crippen LogP contribution is -2.55. The Morgan fingerprint density at radius 1 is 1.09 bits per heavy atom. The van der Waals surface area contributed by atoms with E-state index in [-0.39, 0.29) is 51.6 Å². The predicted octanol–water partition coefficient (Wildman–Crippen LogP) is 6.96. The zero-order valence-corrected chi connectivity index (χ0v) is 25.8. The number of benzene rings is 2. The average molecular weight is 645 g/mol. The van der Waals surface area contributed by atoms with Gasteiger partial charge < -0.3 is 9.80 Å². The number of halogens is 3. The van der Waals surface area contributed by atoms with Gasteiger partial charge in [0.1, 0.15) is 6.54 Å². The number of carbonyl (C=O) groups excluding carboxylic acids is 3. The molecule has 2 aliphatic heterocycles. The Hall–Kier alpha value is -3.86. The number of allylic oxidation sites excluding steroid dienone is 1. The van der Waals surface area contributed by atoms with Gasteiger partial charge in [0.15, 0.2) is 5.78 Å². The molecule has 13 heteroatoms. The number of anilines is 1. The molecule has 0 radical (unpaired) electrons. The number of urea groups is 1. The van der Waals surface area contributed by atoms with Crippen LogP contribution in [0.3, 0.4) is 0 Å². The number of piperidine rings is 1. The molecule has 9 nitrogen and oxygen atoms in total. The second kappa shape index (κ2) is 12.5. The van der Waals surface area contributed by atoms with Crippen molar-refractivity contribution in [3.63, 3.8) is 0 Å². The summed E-state index contributed by atoms with van der Waals surface area (Å²) >= 11 is 0. The summed E-state index contributed by atoms with van der Waals surface area (Å²) in [6.45, 7) is 2.54. The minimum atomic E-state index is -4.69. The Kier molecular flexibility index (Phi) is 9.04. The summed E-state index contributed by atoms with van der Waals surface area (Å²) in [5.41, 5.74) is -0.490. The van der Waals surface area contributed by atoms with E-state index in [2.05, 4.69) is 6.92 Å². The number of likely N-dealkylation sites (tertiary alicyclic amines) is 1. The summed E-state index contributed by atoms with van der Waals surface area (Å²) in [6.07, 6.45) is -0.324. The topological polar surface area (TPSA) is 125 Å². The van der Waals surface area contributed by atoms with Gasteiger partial charge in [0, 0.05) is 42.6 Å². The van der Waals surface area contributed by atoms with Gasteiger partial charge in [0.05, 0.1) is 33.8 Å². The number of nitriles is 1. The minimum absolute atomic E-state index is 0.0571. The molecule has 1 unspecified atom stereocenters. The zero-order valence-electron chi connectivity index (χ0n) is 25.0. The quantitative estimate of drug-likeness (QED) is 0.351. The Bertz CT molecular complexity index is 1590. The van der Waals surface area contributed by atoms with Crippen molar-refractivity contribution in [2.24, 2.45) is 5.92 Å². The number of rotatable bonds is 6. The van der Waals surface area contributed by atoms with E-state index in [1.807, 2.05) is 6.07 Å². The van der Waals surface area contributed by atoms with Crippen molar-refractivity contribution >= 4 is 34.0 Å². The maximum Gasteiger partial charge on any atom is 0.416 e. The molecule has 2 heterocycles. The summed E-state index contributed by atoms with van der Waals surface area (Å²) < 4.78 is 62.9. The number of carbonyl (C=O) groups is 3. The Morgan fingerprint density at radius 3 is 2.42 bits per heavy atom. The lowest BCUT2D eigenvalue weighted by molar-refractivity contribution is -0.137. The van der Waals surface area contributed by atoms with Gasteiger partial charge >= 0.3 is 12.2 Å². The molecule has 0 saturated carbocycles. The molecule has 1 fully saturated rings. The van der Waals surface area contributed by atoms with Gasteiger partial charge in [-0.15, -0.1) is 0 Å². The molecule has 0 spiro atoms. The Balaban J connectivity index is 1.70. The van der Waals surface area contributed by atoms with Gasteiger partial charge in [0.2, 0.25) is 5.91 Å². The van der Waals surface area contributed by atoms with Gasteiger partial charge in [-0.3, -0.25) is 23.6 Å². The lowest BCUT2D eigenvalue weighted by atomic mass is 9.83. The molecule has 1 saturated heterocycles. The van der Waals surface area contributed by atoms with Crippen LogP contribution in [0.25, 0.3) is 0 Å². The van der Waals surface area contributed by atoms with Crippen LogP contribution in [0.4, 0.5) is 23.7 Å². The second-order valence-corrected chi connectivity index (χ2v) is 13.9. The van der Waals surface area contributed by atoms with E-state index in [1.54, 1.807) is 4.90 Å². The molecular formula is C32H35F3N4O5S. The smallest absolute Gasteiger partial charge is 0.341 e. The van der Waals surface area contributed by atoms with E-state index in [0.717, 1.165) is 47.5 Å². The van der Waals surface area contributed by atoms with Crippen molar-refractivity contribution < 1.29 is 36.7 Å². The first-order valence-corrected chi connectivity index (χ1v) is 16.8. The van der Waals surface area contributed by atoms with Crippen LogP contribution in [0.5, 0.6) is 0 Å². The highest BCUT2D eigenvalue weighted by molar-refractivity contribution is 8.23. The predicted molar refractivity (Wildman–Crippen MR) is 162 cm³/mol. The summed E-state index contributed by atoms with van der Waals surface area (Å²) in [5.74, 6) is -0.286. The maximum atomic E-state index is 14.5. The Morgan fingerprint density at radius 2 is 1.80 bits per heavy atom. The van der Waals surface area contributed by atoms with Crippen molar-refractivity contribution in [3.8, 4) is 6.07 Å². The van der Waals surface area contributed by atoms with E-state index >= 15 is 0 Å². The van der Waals surface area contributed by atoms with E-state index < -0.39 is 46.9 Å². The zero-order chi connectivity index (χ0) is 32.7. The highest BCUT2D eigenvalue weighted by Crippen LogP contribution is 2.52. The van der Waals surface area contributed by atoms with Gasteiger partial charge in [-0.05, 0) is 61.9 Å². The number of amides is 3. The summed E-state index contributed by atoms with van der Waals surface area (Å²) in [5, 5.41) is 9.52. The molecule has 0 bridgehead atoms. The highest BCUT2D eigenvalue weighted by atomic mass is 32.3. The number of nitrogens with zero attached hydrogens (tertiary/aromatic N) is 4. The molecule has 2 N–H and O–H groups in total. The van der Waals surface area contributed by atoms with E-state index in [4.69, 9.17) is 0 Å². The first kappa shape index (κ1) is 32.5. The van der Waals surface area contributed by atoms with Gasteiger partial charge in [-0.25, -0.2) is 4.79 Å². The molecule has 45 heavy (non-hydrogen) atoms. The van der Waals surface area contributed by atoms with Crippen LogP contribution >= 0.6 is 10.6 Å². The van der Waals surface area contributed by atoms with Gasteiger partial charge in [-0.1, -0.05) is 25.5 Å². The van der Waals surface area contributed by atoms with Crippen LogP contribution in [0, 0.1) is 17.2 Å². The maximum absolute atomic E-state index is 14.5. The fourth-order valence-corrected chi connectivity index (χ4v) is 7.45. The van der Waals surface area contributed by atoms with E-state index in [1.165, 1.54) is 30.3 Å². The molecular weight excluding hydrogens is 609 g/mol. The molecule has 1 atom stereocenters. The third kappa shape index (κ3) is 6.45. The number of hydrogen-bond acceptors (Lipinski definition) is 6. The molecule has 240 valence electrons. The van der Waals surface area contributed by atoms with Crippen molar-refractivity contribution in [1.29, 1.82) is 5.26 Å². The number of Topliss-reactive ketones (excluding diaryl/α,β-unsaturated/α-hetero) is 1. The molecule has 5 rings (SSSR count). The highest BCUT2D eigenvalue weighted by Gasteiger charge is 2.47. The molecule has 0 aromatic heterocycles. The van der Waals surface area contributed by atoms with Crippen LogP contribution in [-0.2, 0) is 15.8 Å². The summed E-state index contributed by atoms with van der Waals surface area (Å²) in [7, 11) is -3.51. The third-order valence-electron chi connectivity index (χ3n) is 8.86. The second-order valence-electron chi connectivity index (χ2n) is 11.8. The van der Waals surface area contributed by atoms with Crippen LogP contribution in [0.2, 0.25) is 0 Å². The van der Waals surface area contributed by atoms with Gasteiger partial charge in [-0.2, -0.15) is 29.0 Å². The van der Waals surface area contributed by atoms with Crippen molar-refractivity contribution in [3.05, 3.63) is 70.4 Å². The van der Waals surface area contributed by atoms with Gasteiger partial charge in [0.25, 0.3) is 0 Å². The van der Waals surface area contributed by atoms with Crippen LogP contribution in [0.1, 0.15) is 68.2 Å². The molecule has 2 aromatic rings. The SMILES string of the molecule is CCC1CCN(C(=O)CN2C(=O)N(c3cccc(C(F)(F)F)c3)C3=C(C(=O)CCC3)C2c2ccc(C#N)cc2S(C)(O)O)CC1. The van der Waals surface area contributed by atoms with E-state index in [0.29, 0.717) is 25.4 Å². The summed E-state index contributed by atoms with van der Waals surface area (Å²) in [6, 6.07) is 8.32. The van der Waals surface area contributed by atoms with E-state index in [9.17, 15) is 41.9 Å². The van der Waals surface area contributed by atoms with Crippen LogP contribution in [-0.4, -0.2) is 62.5 Å². The first-order chi connectivity index (χ1) is 21.2.